The van der Waals surface area contributed by atoms with Gasteiger partial charge in [-0.05, 0) is 38.0 Å². The summed E-state index contributed by atoms with van der Waals surface area (Å²) in [6.07, 6.45) is 0. The summed E-state index contributed by atoms with van der Waals surface area (Å²) in [6, 6.07) is 3.94. The molecule has 16 heavy (non-hydrogen) atoms. The van der Waals surface area contributed by atoms with E-state index in [1.54, 1.807) is 7.11 Å². The summed E-state index contributed by atoms with van der Waals surface area (Å²) in [5.74, 6) is 0.774. The number of methoxy groups -OCH3 is 1. The zero-order chi connectivity index (χ0) is 11.9. The van der Waals surface area contributed by atoms with E-state index in [1.165, 1.54) is 0 Å². The Bertz CT molecular complexity index is 562. The van der Waals surface area contributed by atoms with Gasteiger partial charge >= 0.3 is 0 Å². The molecule has 0 aliphatic heterocycles. The normalized spacial score (nSPS) is 10.8. The fourth-order valence-corrected chi connectivity index (χ4v) is 1.92. The van der Waals surface area contributed by atoms with Crippen LogP contribution in [-0.2, 0) is 0 Å². The van der Waals surface area contributed by atoms with Crippen LogP contribution in [0.15, 0.2) is 12.1 Å². The number of nitrogens with two attached hydrogens (primary N) is 1. The van der Waals surface area contributed by atoms with E-state index in [-0.39, 0.29) is 0 Å². The largest absolute Gasteiger partial charge is 0.494 e. The number of benzene rings is 1. The second kappa shape index (κ2) is 3.67. The Morgan fingerprint density at radius 1 is 1.19 bits per heavy atom. The van der Waals surface area contributed by atoms with E-state index in [0.29, 0.717) is 0 Å². The number of fused-ring (bicyclic) bond motifs is 1. The van der Waals surface area contributed by atoms with E-state index in [9.17, 15) is 0 Å². The zero-order valence-electron chi connectivity index (χ0n) is 10.1. The molecule has 0 unspecified atom stereocenters. The highest BCUT2D eigenvalue weighted by Crippen LogP contribution is 2.33. The van der Waals surface area contributed by atoms with Crippen LogP contribution in [0, 0.1) is 20.8 Å². The summed E-state index contributed by atoms with van der Waals surface area (Å²) in [6.45, 7) is 6.00. The Kier molecular flexibility index (Phi) is 2.46. The Morgan fingerprint density at radius 3 is 2.50 bits per heavy atom. The zero-order valence-corrected chi connectivity index (χ0v) is 10.1. The summed E-state index contributed by atoms with van der Waals surface area (Å²) in [4.78, 5) is 4.56. The van der Waals surface area contributed by atoms with Crippen LogP contribution in [0.25, 0.3) is 10.9 Å². The molecule has 84 valence electrons. The molecule has 0 saturated heterocycles. The van der Waals surface area contributed by atoms with Crippen molar-refractivity contribution in [1.82, 2.24) is 4.98 Å². The van der Waals surface area contributed by atoms with Gasteiger partial charge in [0.05, 0.1) is 7.11 Å². The Morgan fingerprint density at radius 2 is 1.88 bits per heavy atom. The van der Waals surface area contributed by atoms with Crippen molar-refractivity contribution in [3.8, 4) is 5.75 Å². The number of aryl methyl sites for hydroxylation is 2. The lowest BCUT2D eigenvalue weighted by Crippen LogP contribution is -2.00. The van der Waals surface area contributed by atoms with Crippen molar-refractivity contribution in [2.24, 2.45) is 0 Å². The predicted octanol–water partition coefficient (Wildman–Crippen LogP) is 2.75. The molecule has 0 spiro atoms. The average molecular weight is 216 g/mol. The Labute approximate surface area is 95.2 Å². The first-order valence-corrected chi connectivity index (χ1v) is 5.26. The molecule has 0 amide bonds. The van der Waals surface area contributed by atoms with Crippen LogP contribution in [-0.4, -0.2) is 12.1 Å². The molecular weight excluding hydrogens is 200 g/mol. The van der Waals surface area contributed by atoms with Crippen LogP contribution < -0.4 is 10.5 Å². The molecular formula is C13H16N2O. The van der Waals surface area contributed by atoms with Gasteiger partial charge in [0.25, 0.3) is 0 Å². The van der Waals surface area contributed by atoms with Crippen LogP contribution in [0.1, 0.15) is 16.8 Å². The molecule has 0 radical (unpaired) electrons. The summed E-state index contributed by atoms with van der Waals surface area (Å²) >= 11 is 0. The highest BCUT2D eigenvalue weighted by molar-refractivity contribution is 5.98. The lowest BCUT2D eigenvalue weighted by Gasteiger charge is -2.13. The first-order chi connectivity index (χ1) is 7.56. The number of nitrogens with zero attached hydrogens (tertiary/aromatic N) is 1. The van der Waals surface area contributed by atoms with E-state index in [1.807, 2.05) is 32.9 Å². The second-order valence-electron chi connectivity index (χ2n) is 4.04. The second-order valence-corrected chi connectivity index (χ2v) is 4.04. The fraction of sp³-hybridized carbons (Fsp3) is 0.308. The van der Waals surface area contributed by atoms with Crippen molar-refractivity contribution < 1.29 is 4.74 Å². The molecule has 0 aliphatic carbocycles. The quantitative estimate of drug-likeness (QED) is 0.797. The van der Waals surface area contributed by atoms with Crippen molar-refractivity contribution in [3.05, 3.63) is 29.0 Å². The van der Waals surface area contributed by atoms with Gasteiger partial charge in [0.1, 0.15) is 11.3 Å². The van der Waals surface area contributed by atoms with Crippen LogP contribution in [0.4, 0.5) is 5.69 Å². The first kappa shape index (κ1) is 10.7. The highest BCUT2D eigenvalue weighted by atomic mass is 16.5. The maximum absolute atomic E-state index is 6.15. The molecule has 2 rings (SSSR count). The molecule has 3 heteroatoms. The van der Waals surface area contributed by atoms with Crippen molar-refractivity contribution in [1.29, 1.82) is 0 Å². The lowest BCUT2D eigenvalue weighted by atomic mass is 10.0. The van der Waals surface area contributed by atoms with Gasteiger partial charge in [-0.3, -0.25) is 0 Å². The summed E-state index contributed by atoms with van der Waals surface area (Å²) in [7, 11) is 1.65. The number of hydrogen-bond donors (Lipinski definition) is 1. The molecule has 2 N–H and O–H groups in total. The average Bonchev–Trinajstić information content (AvgIpc) is 2.26. The molecule has 0 fully saturated rings. The maximum Gasteiger partial charge on any atom is 0.145 e. The van der Waals surface area contributed by atoms with Gasteiger partial charge in [-0.15, -0.1) is 0 Å². The Balaban J connectivity index is 2.98. The van der Waals surface area contributed by atoms with E-state index >= 15 is 0 Å². The van der Waals surface area contributed by atoms with Crippen LogP contribution in [0.3, 0.4) is 0 Å². The van der Waals surface area contributed by atoms with Gasteiger partial charge in [0.2, 0.25) is 0 Å². The van der Waals surface area contributed by atoms with Crippen LogP contribution >= 0.6 is 0 Å². The minimum absolute atomic E-state index is 0.774. The highest BCUT2D eigenvalue weighted by Gasteiger charge is 2.12. The smallest absolute Gasteiger partial charge is 0.145 e. The molecule has 2 aromatic rings. The van der Waals surface area contributed by atoms with E-state index < -0.39 is 0 Å². The summed E-state index contributed by atoms with van der Waals surface area (Å²) in [5.41, 5.74) is 10.9. The molecule has 0 atom stereocenters. The van der Waals surface area contributed by atoms with Crippen LogP contribution in [0.2, 0.25) is 0 Å². The molecule has 3 nitrogen and oxygen atoms in total. The number of rotatable bonds is 1. The summed E-state index contributed by atoms with van der Waals surface area (Å²) in [5, 5.41) is 1.00. The van der Waals surface area contributed by atoms with Crippen molar-refractivity contribution in [2.75, 3.05) is 12.8 Å². The third kappa shape index (κ3) is 1.40. The molecule has 1 heterocycles. The standard InChI is InChI=1S/C13H16N2O/c1-7-5-6-10(16-4)13-11(7)12(14)8(2)9(3)15-13/h5-6H,1-4H3,(H2,14,15). The number of anilines is 1. The van der Waals surface area contributed by atoms with Crippen molar-refractivity contribution >= 4 is 16.6 Å². The molecule has 0 bridgehead atoms. The Hall–Kier alpha value is -1.77. The van der Waals surface area contributed by atoms with Gasteiger partial charge in [-0.25, -0.2) is 4.98 Å². The van der Waals surface area contributed by atoms with E-state index in [0.717, 1.165) is 39.2 Å². The minimum atomic E-state index is 0.774. The van der Waals surface area contributed by atoms with E-state index in [2.05, 4.69) is 4.98 Å². The van der Waals surface area contributed by atoms with Gasteiger partial charge in [0, 0.05) is 16.8 Å². The third-order valence-corrected chi connectivity index (χ3v) is 3.06. The maximum atomic E-state index is 6.15. The van der Waals surface area contributed by atoms with Gasteiger partial charge in [-0.1, -0.05) is 6.07 Å². The van der Waals surface area contributed by atoms with Gasteiger partial charge in [0.15, 0.2) is 0 Å². The monoisotopic (exact) mass is 216 g/mol. The summed E-state index contributed by atoms with van der Waals surface area (Å²) < 4.78 is 5.31. The van der Waals surface area contributed by atoms with Crippen molar-refractivity contribution in [3.63, 3.8) is 0 Å². The topological polar surface area (TPSA) is 48.1 Å². The first-order valence-electron chi connectivity index (χ1n) is 5.26. The number of ether oxygens (including phenoxy) is 1. The SMILES string of the molecule is COc1ccc(C)c2c(N)c(C)c(C)nc12. The van der Waals surface area contributed by atoms with Gasteiger partial charge < -0.3 is 10.5 Å². The van der Waals surface area contributed by atoms with Crippen LogP contribution in [0.5, 0.6) is 5.75 Å². The lowest BCUT2D eigenvalue weighted by molar-refractivity contribution is 0.419. The number of aromatic nitrogens is 1. The molecule has 0 saturated carbocycles. The molecule has 0 aliphatic rings. The number of pyridine rings is 1. The molecule has 1 aromatic heterocycles. The van der Waals surface area contributed by atoms with Gasteiger partial charge in [-0.2, -0.15) is 0 Å². The van der Waals surface area contributed by atoms with Crippen molar-refractivity contribution in [2.45, 2.75) is 20.8 Å². The minimum Gasteiger partial charge on any atom is -0.494 e. The van der Waals surface area contributed by atoms with E-state index in [4.69, 9.17) is 10.5 Å². The number of hydrogen-bond acceptors (Lipinski definition) is 3. The number of nitrogen functional groups attached to an aromatic ring is 1. The third-order valence-electron chi connectivity index (χ3n) is 3.06. The fourth-order valence-electron chi connectivity index (χ4n) is 1.92. The molecule has 1 aromatic carbocycles. The predicted molar refractivity (Wildman–Crippen MR) is 66.9 cm³/mol.